The first kappa shape index (κ1) is 8.02. The van der Waals surface area contributed by atoms with Crippen LogP contribution in [0.15, 0.2) is 0 Å². The highest BCUT2D eigenvalue weighted by atomic mass is 16.6. The van der Waals surface area contributed by atoms with Gasteiger partial charge in [0.05, 0.1) is 12.2 Å². The van der Waals surface area contributed by atoms with Gasteiger partial charge in [-0.15, -0.1) is 0 Å². The molecule has 2 heteroatoms. The van der Waals surface area contributed by atoms with Crippen molar-refractivity contribution in [1.82, 2.24) is 0 Å². The van der Waals surface area contributed by atoms with E-state index in [2.05, 4.69) is 6.92 Å². The van der Waals surface area contributed by atoms with Crippen LogP contribution in [-0.4, -0.2) is 25.4 Å². The lowest BCUT2D eigenvalue weighted by molar-refractivity contribution is -0.0457. The minimum Gasteiger partial charge on any atom is -0.378 e. The maximum absolute atomic E-state index is 5.61. The molecule has 0 aromatic carbocycles. The topological polar surface area (TPSA) is 18.5 Å². The molecular weight excluding hydrogens is 128 g/mol. The van der Waals surface area contributed by atoms with Crippen LogP contribution < -0.4 is 0 Å². The molecule has 0 aliphatic carbocycles. The highest BCUT2D eigenvalue weighted by molar-refractivity contribution is 4.83. The molecule has 0 N–H and O–H groups in total. The maximum Gasteiger partial charge on any atom is 0.0933 e. The molecule has 1 saturated heterocycles. The first-order valence-corrected chi connectivity index (χ1v) is 4.05. The van der Waals surface area contributed by atoms with E-state index in [9.17, 15) is 0 Å². The smallest absolute Gasteiger partial charge is 0.0933 e. The Labute approximate surface area is 62.5 Å². The molecule has 60 valence electrons. The largest absolute Gasteiger partial charge is 0.378 e. The van der Waals surface area contributed by atoms with E-state index < -0.39 is 0 Å². The SMILES string of the molecule is CCOC1(CC)CCOC1. The molecule has 1 unspecified atom stereocenters. The van der Waals surface area contributed by atoms with Crippen molar-refractivity contribution < 1.29 is 9.47 Å². The third kappa shape index (κ3) is 1.50. The summed E-state index contributed by atoms with van der Waals surface area (Å²) in [5.74, 6) is 0. The third-order valence-electron chi connectivity index (χ3n) is 2.16. The Morgan fingerprint density at radius 1 is 1.50 bits per heavy atom. The number of rotatable bonds is 3. The minimum absolute atomic E-state index is 0.0642. The Morgan fingerprint density at radius 2 is 2.30 bits per heavy atom. The summed E-state index contributed by atoms with van der Waals surface area (Å²) in [7, 11) is 0. The van der Waals surface area contributed by atoms with Crippen molar-refractivity contribution in [2.75, 3.05) is 19.8 Å². The molecule has 1 atom stereocenters. The Bertz CT molecular complexity index is 95.4. The van der Waals surface area contributed by atoms with Gasteiger partial charge in [0.15, 0.2) is 0 Å². The molecule has 0 saturated carbocycles. The first-order valence-electron chi connectivity index (χ1n) is 4.05. The fraction of sp³-hybridized carbons (Fsp3) is 1.00. The summed E-state index contributed by atoms with van der Waals surface area (Å²) in [6, 6.07) is 0. The van der Waals surface area contributed by atoms with E-state index in [4.69, 9.17) is 9.47 Å². The third-order valence-corrected chi connectivity index (χ3v) is 2.16. The van der Waals surface area contributed by atoms with Gasteiger partial charge in [-0.2, -0.15) is 0 Å². The summed E-state index contributed by atoms with van der Waals surface area (Å²) >= 11 is 0. The van der Waals surface area contributed by atoms with Gasteiger partial charge in [0.25, 0.3) is 0 Å². The molecule has 10 heavy (non-hydrogen) atoms. The Morgan fingerprint density at radius 3 is 2.70 bits per heavy atom. The summed E-state index contributed by atoms with van der Waals surface area (Å²) in [4.78, 5) is 0. The van der Waals surface area contributed by atoms with Gasteiger partial charge in [-0.3, -0.25) is 0 Å². The Hall–Kier alpha value is -0.0800. The van der Waals surface area contributed by atoms with Gasteiger partial charge in [-0.05, 0) is 13.3 Å². The lowest BCUT2D eigenvalue weighted by Gasteiger charge is -2.25. The normalized spacial score (nSPS) is 33.0. The predicted molar refractivity (Wildman–Crippen MR) is 40.1 cm³/mol. The van der Waals surface area contributed by atoms with Crippen molar-refractivity contribution in [3.8, 4) is 0 Å². The van der Waals surface area contributed by atoms with Crippen LogP contribution in [0.3, 0.4) is 0 Å². The summed E-state index contributed by atoms with van der Waals surface area (Å²) < 4.78 is 10.9. The van der Waals surface area contributed by atoms with Crippen molar-refractivity contribution in [2.45, 2.75) is 32.3 Å². The van der Waals surface area contributed by atoms with Gasteiger partial charge in [-0.25, -0.2) is 0 Å². The van der Waals surface area contributed by atoms with Crippen LogP contribution in [0.5, 0.6) is 0 Å². The summed E-state index contributed by atoms with van der Waals surface area (Å²) in [6.45, 7) is 6.66. The van der Waals surface area contributed by atoms with Crippen LogP contribution in [-0.2, 0) is 9.47 Å². The van der Waals surface area contributed by atoms with Gasteiger partial charge >= 0.3 is 0 Å². The van der Waals surface area contributed by atoms with Crippen molar-refractivity contribution >= 4 is 0 Å². The van der Waals surface area contributed by atoms with Crippen LogP contribution in [0, 0.1) is 0 Å². The van der Waals surface area contributed by atoms with Crippen molar-refractivity contribution in [2.24, 2.45) is 0 Å². The average Bonchev–Trinajstić information content (AvgIpc) is 2.39. The second-order valence-electron chi connectivity index (χ2n) is 2.77. The van der Waals surface area contributed by atoms with E-state index in [0.29, 0.717) is 0 Å². The second kappa shape index (κ2) is 3.35. The zero-order chi connectivity index (χ0) is 7.45. The van der Waals surface area contributed by atoms with Crippen molar-refractivity contribution in [1.29, 1.82) is 0 Å². The quantitative estimate of drug-likeness (QED) is 0.599. The monoisotopic (exact) mass is 144 g/mol. The number of ether oxygens (including phenoxy) is 2. The standard InChI is InChI=1S/C8H16O2/c1-3-8(10-4-2)5-6-9-7-8/h3-7H2,1-2H3. The zero-order valence-corrected chi connectivity index (χ0v) is 6.85. The lowest BCUT2D eigenvalue weighted by atomic mass is 10.0. The molecule has 1 heterocycles. The molecule has 0 amide bonds. The van der Waals surface area contributed by atoms with E-state index >= 15 is 0 Å². The van der Waals surface area contributed by atoms with E-state index in [-0.39, 0.29) is 5.60 Å². The molecule has 0 radical (unpaired) electrons. The molecule has 1 aliphatic heterocycles. The van der Waals surface area contributed by atoms with Gasteiger partial charge in [0, 0.05) is 19.6 Å². The molecule has 0 aromatic heterocycles. The average molecular weight is 144 g/mol. The fourth-order valence-electron chi connectivity index (χ4n) is 1.39. The van der Waals surface area contributed by atoms with Crippen molar-refractivity contribution in [3.63, 3.8) is 0 Å². The number of hydrogen-bond acceptors (Lipinski definition) is 2. The molecule has 1 aliphatic rings. The highest BCUT2D eigenvalue weighted by Crippen LogP contribution is 2.26. The highest BCUT2D eigenvalue weighted by Gasteiger charge is 2.33. The summed E-state index contributed by atoms with van der Waals surface area (Å²) in [6.07, 6.45) is 2.14. The summed E-state index contributed by atoms with van der Waals surface area (Å²) in [5.41, 5.74) is 0.0642. The van der Waals surface area contributed by atoms with Gasteiger partial charge in [0.2, 0.25) is 0 Å². The van der Waals surface area contributed by atoms with Crippen LogP contribution in [0.1, 0.15) is 26.7 Å². The molecule has 0 spiro atoms. The minimum atomic E-state index is 0.0642. The van der Waals surface area contributed by atoms with Crippen molar-refractivity contribution in [3.05, 3.63) is 0 Å². The van der Waals surface area contributed by atoms with E-state index in [1.807, 2.05) is 6.92 Å². The molecule has 0 aromatic rings. The van der Waals surface area contributed by atoms with Gasteiger partial charge in [-0.1, -0.05) is 6.92 Å². The summed E-state index contributed by atoms with van der Waals surface area (Å²) in [5, 5.41) is 0. The molecule has 1 fully saturated rings. The first-order chi connectivity index (χ1) is 4.83. The van der Waals surface area contributed by atoms with Crippen LogP contribution in [0.4, 0.5) is 0 Å². The lowest BCUT2D eigenvalue weighted by Crippen LogP contribution is -2.32. The van der Waals surface area contributed by atoms with Gasteiger partial charge < -0.3 is 9.47 Å². The van der Waals surface area contributed by atoms with E-state index in [1.54, 1.807) is 0 Å². The maximum atomic E-state index is 5.61. The number of hydrogen-bond donors (Lipinski definition) is 0. The predicted octanol–water partition coefficient (Wildman–Crippen LogP) is 1.59. The molecule has 2 nitrogen and oxygen atoms in total. The zero-order valence-electron chi connectivity index (χ0n) is 6.85. The Kier molecular flexibility index (Phi) is 2.69. The van der Waals surface area contributed by atoms with Crippen LogP contribution >= 0.6 is 0 Å². The second-order valence-corrected chi connectivity index (χ2v) is 2.77. The Balaban J connectivity index is 2.41. The molecule has 0 bridgehead atoms. The van der Waals surface area contributed by atoms with Crippen LogP contribution in [0.2, 0.25) is 0 Å². The molecular formula is C8H16O2. The molecule has 1 rings (SSSR count). The fourth-order valence-corrected chi connectivity index (χ4v) is 1.39. The van der Waals surface area contributed by atoms with Crippen LogP contribution in [0.25, 0.3) is 0 Å². The van der Waals surface area contributed by atoms with E-state index in [1.165, 1.54) is 0 Å². The van der Waals surface area contributed by atoms with Gasteiger partial charge in [0.1, 0.15) is 0 Å². The van der Waals surface area contributed by atoms with E-state index in [0.717, 1.165) is 32.7 Å².